The Bertz CT molecular complexity index is 1000. The second-order valence-corrected chi connectivity index (χ2v) is 7.51. The van der Waals surface area contributed by atoms with E-state index in [0.29, 0.717) is 17.1 Å². The van der Waals surface area contributed by atoms with Crippen LogP contribution in [0.5, 0.6) is 0 Å². The van der Waals surface area contributed by atoms with Gasteiger partial charge in [-0.3, -0.25) is 14.9 Å². The normalized spacial score (nSPS) is 12.0. The number of hydrazone groups is 1. The van der Waals surface area contributed by atoms with Crippen molar-refractivity contribution in [2.45, 2.75) is 17.9 Å². The molecular weight excluding hydrogens is 390 g/mol. The number of carbonyl (C=O) groups excluding carboxylic acids is 1. The van der Waals surface area contributed by atoms with Gasteiger partial charge < -0.3 is 4.42 Å². The molecule has 3 rings (SSSR count). The van der Waals surface area contributed by atoms with E-state index in [1.807, 2.05) is 37.3 Å². The van der Waals surface area contributed by atoms with Crippen molar-refractivity contribution in [2.24, 2.45) is 5.10 Å². The molecule has 0 radical (unpaired) electrons. The number of hydrogen-bond donors (Lipinski definition) is 1. The predicted octanol–water partition coefficient (Wildman–Crippen LogP) is 4.63. The first-order chi connectivity index (χ1) is 14.0. The molecule has 1 amide bonds. The quantitative estimate of drug-likeness (QED) is 0.332. The highest BCUT2D eigenvalue weighted by atomic mass is 32.2. The van der Waals surface area contributed by atoms with Gasteiger partial charge in [-0.2, -0.15) is 5.10 Å². The molecule has 0 bridgehead atoms. The first-order valence-corrected chi connectivity index (χ1v) is 9.91. The zero-order valence-electron chi connectivity index (χ0n) is 15.6. The molecule has 0 spiro atoms. The summed E-state index contributed by atoms with van der Waals surface area (Å²) < 4.78 is 5.64. The lowest BCUT2D eigenvalue weighted by molar-refractivity contribution is -0.384. The van der Waals surface area contributed by atoms with Gasteiger partial charge in [-0.15, -0.1) is 11.8 Å². The van der Waals surface area contributed by atoms with Gasteiger partial charge in [0.25, 0.3) is 11.6 Å². The van der Waals surface area contributed by atoms with E-state index < -0.39 is 4.92 Å². The number of nitro benzene ring substituents is 1. The molecule has 1 aromatic heterocycles. The second kappa shape index (κ2) is 9.70. The fourth-order valence-corrected chi connectivity index (χ4v) is 3.29. The van der Waals surface area contributed by atoms with Crippen LogP contribution in [0.1, 0.15) is 18.2 Å². The number of rotatable bonds is 8. The molecule has 29 heavy (non-hydrogen) atoms. The summed E-state index contributed by atoms with van der Waals surface area (Å²) in [5, 5.41) is 14.4. The van der Waals surface area contributed by atoms with Crippen LogP contribution in [0.15, 0.2) is 76.2 Å². The fourth-order valence-electron chi connectivity index (χ4n) is 2.45. The number of amides is 1. The van der Waals surface area contributed by atoms with Gasteiger partial charge in [0, 0.05) is 23.4 Å². The van der Waals surface area contributed by atoms with Gasteiger partial charge in [-0.1, -0.05) is 30.3 Å². The highest BCUT2D eigenvalue weighted by molar-refractivity contribution is 7.99. The molecule has 7 nitrogen and oxygen atoms in total. The number of hydrogen-bond acceptors (Lipinski definition) is 6. The molecule has 2 aromatic carbocycles. The zero-order chi connectivity index (χ0) is 20.6. The molecular formula is C21H19N3O4S. The van der Waals surface area contributed by atoms with Crippen molar-refractivity contribution in [3.05, 3.63) is 88.2 Å². The molecule has 0 aliphatic heterocycles. The van der Waals surface area contributed by atoms with Crippen LogP contribution in [0, 0.1) is 10.1 Å². The smallest absolute Gasteiger partial charge is 0.269 e. The van der Waals surface area contributed by atoms with E-state index >= 15 is 0 Å². The molecule has 0 saturated heterocycles. The van der Waals surface area contributed by atoms with Crippen LogP contribution in [0.3, 0.4) is 0 Å². The maximum atomic E-state index is 12.1. The Balaban J connectivity index is 1.51. The molecule has 0 aliphatic carbocycles. The summed E-state index contributed by atoms with van der Waals surface area (Å²) in [7, 11) is 0. The Labute approximate surface area is 172 Å². The largest absolute Gasteiger partial charge is 0.455 e. The minimum atomic E-state index is -0.453. The van der Waals surface area contributed by atoms with Crippen molar-refractivity contribution in [3.8, 4) is 11.3 Å². The van der Waals surface area contributed by atoms with E-state index in [2.05, 4.69) is 10.5 Å². The molecule has 1 unspecified atom stereocenters. The minimum absolute atomic E-state index is 0.0176. The van der Waals surface area contributed by atoms with Crippen LogP contribution >= 0.6 is 11.8 Å². The Kier molecular flexibility index (Phi) is 6.80. The topological polar surface area (TPSA) is 97.7 Å². The molecule has 0 fully saturated rings. The minimum Gasteiger partial charge on any atom is -0.455 e. The van der Waals surface area contributed by atoms with Crippen LogP contribution in [0.4, 0.5) is 5.69 Å². The predicted molar refractivity (Wildman–Crippen MR) is 114 cm³/mol. The third-order valence-corrected chi connectivity index (χ3v) is 5.28. The van der Waals surface area contributed by atoms with Crippen LogP contribution in [0.2, 0.25) is 0 Å². The molecule has 148 valence electrons. The molecule has 0 aliphatic rings. The van der Waals surface area contributed by atoms with E-state index in [1.54, 1.807) is 24.3 Å². The SMILES string of the molecule is CC(SCc1ccccc1)C(=O)N/N=C/c1ccc(-c2ccc([N+](=O)[O-])cc2)o1. The van der Waals surface area contributed by atoms with Crippen molar-refractivity contribution >= 4 is 29.6 Å². The highest BCUT2D eigenvalue weighted by Gasteiger charge is 2.13. The fraction of sp³-hybridized carbons (Fsp3) is 0.143. The van der Waals surface area contributed by atoms with Gasteiger partial charge in [0.05, 0.1) is 16.4 Å². The van der Waals surface area contributed by atoms with Crippen molar-refractivity contribution < 1.29 is 14.1 Å². The zero-order valence-corrected chi connectivity index (χ0v) is 16.5. The monoisotopic (exact) mass is 409 g/mol. The van der Waals surface area contributed by atoms with E-state index in [-0.39, 0.29) is 16.8 Å². The third kappa shape index (κ3) is 5.79. The number of nitrogens with one attached hydrogen (secondary N) is 1. The Hall–Kier alpha value is -3.39. The summed E-state index contributed by atoms with van der Waals surface area (Å²) in [5.41, 5.74) is 4.40. The van der Waals surface area contributed by atoms with Gasteiger partial charge in [0.2, 0.25) is 0 Å². The van der Waals surface area contributed by atoms with Crippen molar-refractivity contribution in [1.82, 2.24) is 5.43 Å². The third-order valence-electron chi connectivity index (χ3n) is 4.07. The first-order valence-electron chi connectivity index (χ1n) is 8.86. The van der Waals surface area contributed by atoms with E-state index in [9.17, 15) is 14.9 Å². The molecule has 8 heteroatoms. The number of nitro groups is 1. The average Bonchev–Trinajstić information content (AvgIpc) is 3.21. The van der Waals surface area contributed by atoms with Gasteiger partial charge in [0.1, 0.15) is 11.5 Å². The summed E-state index contributed by atoms with van der Waals surface area (Å²) in [6.07, 6.45) is 1.42. The molecule has 0 saturated carbocycles. The summed E-state index contributed by atoms with van der Waals surface area (Å²) in [6, 6.07) is 19.5. The number of benzene rings is 2. The van der Waals surface area contributed by atoms with Crippen LogP contribution in [-0.2, 0) is 10.5 Å². The number of carbonyl (C=O) groups is 1. The molecule has 1 atom stereocenters. The number of non-ortho nitro benzene ring substituents is 1. The van der Waals surface area contributed by atoms with E-state index in [4.69, 9.17) is 4.42 Å². The van der Waals surface area contributed by atoms with Crippen molar-refractivity contribution in [2.75, 3.05) is 0 Å². The number of nitrogens with zero attached hydrogens (tertiary/aromatic N) is 2. The first kappa shape index (κ1) is 20.3. The Morgan fingerprint density at radius 1 is 1.17 bits per heavy atom. The standard InChI is InChI=1S/C21H19N3O4S/c1-15(29-14-16-5-3-2-4-6-16)21(25)23-22-13-19-11-12-20(28-19)17-7-9-18(10-8-17)24(26)27/h2-13,15H,14H2,1H3,(H,23,25)/b22-13+. The van der Waals surface area contributed by atoms with Gasteiger partial charge in [-0.05, 0) is 36.8 Å². The number of furan rings is 1. The summed E-state index contributed by atoms with van der Waals surface area (Å²) in [4.78, 5) is 22.4. The summed E-state index contributed by atoms with van der Waals surface area (Å²) in [6.45, 7) is 1.83. The lowest BCUT2D eigenvalue weighted by Gasteiger charge is -2.09. The summed E-state index contributed by atoms with van der Waals surface area (Å²) in [5.74, 6) is 1.57. The van der Waals surface area contributed by atoms with Crippen molar-refractivity contribution in [1.29, 1.82) is 0 Å². The number of thioether (sulfide) groups is 1. The lowest BCUT2D eigenvalue weighted by Crippen LogP contribution is -2.26. The maximum absolute atomic E-state index is 12.1. The Morgan fingerprint density at radius 2 is 1.90 bits per heavy atom. The highest BCUT2D eigenvalue weighted by Crippen LogP contribution is 2.24. The second-order valence-electron chi connectivity index (χ2n) is 6.18. The lowest BCUT2D eigenvalue weighted by atomic mass is 10.1. The maximum Gasteiger partial charge on any atom is 0.269 e. The molecule has 1 heterocycles. The van der Waals surface area contributed by atoms with Crippen LogP contribution < -0.4 is 5.43 Å². The van der Waals surface area contributed by atoms with Crippen LogP contribution in [-0.4, -0.2) is 22.3 Å². The van der Waals surface area contributed by atoms with Gasteiger partial charge >= 0.3 is 0 Å². The van der Waals surface area contributed by atoms with Gasteiger partial charge in [-0.25, -0.2) is 5.43 Å². The average molecular weight is 409 g/mol. The van der Waals surface area contributed by atoms with Crippen LogP contribution in [0.25, 0.3) is 11.3 Å². The summed E-state index contributed by atoms with van der Waals surface area (Å²) >= 11 is 1.53. The van der Waals surface area contributed by atoms with E-state index in [1.165, 1.54) is 30.1 Å². The molecule has 1 N–H and O–H groups in total. The van der Waals surface area contributed by atoms with E-state index in [0.717, 1.165) is 11.3 Å². The molecule has 3 aromatic rings. The Morgan fingerprint density at radius 3 is 2.59 bits per heavy atom. The van der Waals surface area contributed by atoms with Gasteiger partial charge in [0.15, 0.2) is 0 Å². The van der Waals surface area contributed by atoms with Crippen molar-refractivity contribution in [3.63, 3.8) is 0 Å².